The third-order valence-corrected chi connectivity index (χ3v) is 1.56. The second-order valence-corrected chi connectivity index (χ2v) is 4.39. The Hall–Kier alpha value is 0.1000. The fraction of sp³-hybridized carbons (Fsp3) is 0.714. The van der Waals surface area contributed by atoms with Gasteiger partial charge in [0.2, 0.25) is 0 Å². The summed E-state index contributed by atoms with van der Waals surface area (Å²) in [5.74, 6) is -1.18. The molecular formula is C7H8Cl4O4. The maximum absolute atomic E-state index is 10.9. The predicted octanol–water partition coefficient (Wildman–Crippen LogP) is 2.77. The summed E-state index contributed by atoms with van der Waals surface area (Å²) in [4.78, 5) is 21.7. The van der Waals surface area contributed by atoms with Crippen LogP contribution in [0.1, 0.15) is 19.3 Å². The molecule has 8 heteroatoms. The number of esters is 2. The van der Waals surface area contributed by atoms with Crippen LogP contribution in [-0.4, -0.2) is 22.0 Å². The zero-order chi connectivity index (χ0) is 11.8. The molecule has 0 rings (SSSR count). The molecule has 0 aliphatic carbocycles. The lowest BCUT2D eigenvalue weighted by Crippen LogP contribution is -2.10. The molecule has 0 heterocycles. The van der Waals surface area contributed by atoms with E-state index in [9.17, 15) is 9.59 Å². The van der Waals surface area contributed by atoms with Gasteiger partial charge in [-0.25, -0.2) is 0 Å². The van der Waals surface area contributed by atoms with Gasteiger partial charge in [-0.2, -0.15) is 0 Å². The highest BCUT2D eigenvalue weighted by Gasteiger charge is 2.11. The Balaban J connectivity index is 3.53. The average Bonchev–Trinajstić information content (AvgIpc) is 2.00. The summed E-state index contributed by atoms with van der Waals surface area (Å²) in [6, 6.07) is 0. The Bertz CT molecular complexity index is 197. The van der Waals surface area contributed by atoms with Crippen molar-refractivity contribution in [2.75, 3.05) is 0 Å². The minimum absolute atomic E-state index is 0.0142. The predicted molar refractivity (Wildman–Crippen MR) is 57.0 cm³/mol. The molecule has 88 valence electrons. The van der Waals surface area contributed by atoms with E-state index >= 15 is 0 Å². The van der Waals surface area contributed by atoms with E-state index in [1.54, 1.807) is 0 Å². The van der Waals surface area contributed by atoms with Gasteiger partial charge in [0, 0.05) is 12.8 Å². The van der Waals surface area contributed by atoms with Crippen molar-refractivity contribution in [3.8, 4) is 0 Å². The first kappa shape index (κ1) is 15.1. The molecule has 0 amide bonds. The van der Waals surface area contributed by atoms with Crippen molar-refractivity contribution in [1.29, 1.82) is 0 Å². The first-order valence-corrected chi connectivity index (χ1v) is 5.61. The molecule has 0 aromatic carbocycles. The molecule has 0 saturated heterocycles. The lowest BCUT2D eigenvalue weighted by Gasteiger charge is -2.05. The molecule has 0 aliphatic heterocycles. The van der Waals surface area contributed by atoms with E-state index in [-0.39, 0.29) is 19.3 Å². The maximum Gasteiger partial charge on any atom is 0.308 e. The highest BCUT2D eigenvalue weighted by molar-refractivity contribution is 6.43. The van der Waals surface area contributed by atoms with E-state index in [1.807, 2.05) is 0 Å². The van der Waals surface area contributed by atoms with Crippen molar-refractivity contribution in [3.05, 3.63) is 0 Å². The minimum Gasteiger partial charge on any atom is -0.431 e. The molecule has 0 aliphatic rings. The molecule has 15 heavy (non-hydrogen) atoms. The summed E-state index contributed by atoms with van der Waals surface area (Å²) < 4.78 is 8.80. The van der Waals surface area contributed by atoms with Crippen molar-refractivity contribution in [2.24, 2.45) is 0 Å². The van der Waals surface area contributed by atoms with E-state index in [0.717, 1.165) is 0 Å². The van der Waals surface area contributed by atoms with Crippen molar-refractivity contribution in [1.82, 2.24) is 0 Å². The number of hydrogen-bond donors (Lipinski definition) is 0. The van der Waals surface area contributed by atoms with Gasteiger partial charge in [-0.15, -0.1) is 0 Å². The topological polar surface area (TPSA) is 52.6 Å². The quantitative estimate of drug-likeness (QED) is 0.559. The summed E-state index contributed by atoms with van der Waals surface area (Å²) >= 11 is 20.7. The van der Waals surface area contributed by atoms with Crippen LogP contribution in [0.25, 0.3) is 0 Å². The fourth-order valence-electron chi connectivity index (χ4n) is 0.694. The Labute approximate surface area is 107 Å². The summed E-state index contributed by atoms with van der Waals surface area (Å²) in [6.45, 7) is 0. The van der Waals surface area contributed by atoms with Crippen LogP contribution in [0.5, 0.6) is 0 Å². The molecule has 0 fully saturated rings. The van der Waals surface area contributed by atoms with Gasteiger partial charge < -0.3 is 9.47 Å². The molecule has 0 N–H and O–H groups in total. The van der Waals surface area contributed by atoms with Gasteiger partial charge in [-0.1, -0.05) is 46.4 Å². The van der Waals surface area contributed by atoms with Crippen LogP contribution in [0, 0.1) is 0 Å². The lowest BCUT2D eigenvalue weighted by molar-refractivity contribution is -0.144. The molecule has 0 radical (unpaired) electrons. The van der Waals surface area contributed by atoms with Gasteiger partial charge in [0.15, 0.2) is 0 Å². The van der Waals surface area contributed by atoms with Crippen LogP contribution in [0.15, 0.2) is 0 Å². The molecule has 4 nitrogen and oxygen atoms in total. The Morgan fingerprint density at radius 3 is 1.47 bits per heavy atom. The largest absolute Gasteiger partial charge is 0.431 e. The standard InChI is InChI=1S/C7H8Cl4O4/c8-6(9)14-4(12)2-1-3-5(13)15-7(10)11/h6-7H,1-3H2. The fourth-order valence-corrected chi connectivity index (χ4v) is 1.09. The number of carbonyl (C=O) groups is 2. The number of halogens is 4. The van der Waals surface area contributed by atoms with Crippen LogP contribution < -0.4 is 0 Å². The van der Waals surface area contributed by atoms with Crippen LogP contribution >= 0.6 is 46.4 Å². The Morgan fingerprint density at radius 1 is 0.867 bits per heavy atom. The SMILES string of the molecule is O=C(CCCC(=O)OC(Cl)Cl)OC(Cl)Cl. The number of ether oxygens (including phenoxy) is 2. The van der Waals surface area contributed by atoms with Crippen LogP contribution in [0.2, 0.25) is 0 Å². The number of hydrogen-bond acceptors (Lipinski definition) is 4. The summed E-state index contributed by atoms with van der Waals surface area (Å²) in [5.41, 5.74) is 0. The molecular weight excluding hydrogens is 290 g/mol. The zero-order valence-electron chi connectivity index (χ0n) is 7.42. The monoisotopic (exact) mass is 296 g/mol. The smallest absolute Gasteiger partial charge is 0.308 e. The van der Waals surface area contributed by atoms with Crippen LogP contribution in [-0.2, 0) is 19.1 Å². The normalized spacial score (nSPS) is 10.5. The van der Waals surface area contributed by atoms with Crippen LogP contribution in [0.4, 0.5) is 0 Å². The van der Waals surface area contributed by atoms with E-state index in [1.165, 1.54) is 0 Å². The van der Waals surface area contributed by atoms with Gasteiger partial charge in [0.1, 0.15) is 0 Å². The molecule has 0 atom stereocenters. The first-order valence-electron chi connectivity index (χ1n) is 3.87. The number of rotatable bonds is 6. The third-order valence-electron chi connectivity index (χ3n) is 1.20. The summed E-state index contributed by atoms with van der Waals surface area (Å²) in [7, 11) is 0. The maximum atomic E-state index is 10.9. The molecule has 0 aromatic rings. The second kappa shape index (κ2) is 8.28. The van der Waals surface area contributed by atoms with Crippen molar-refractivity contribution < 1.29 is 19.1 Å². The lowest BCUT2D eigenvalue weighted by atomic mass is 10.2. The van der Waals surface area contributed by atoms with Gasteiger partial charge >= 0.3 is 11.9 Å². The second-order valence-electron chi connectivity index (χ2n) is 2.35. The minimum atomic E-state index is -1.19. The third kappa shape index (κ3) is 10.4. The van der Waals surface area contributed by atoms with Gasteiger partial charge in [-0.05, 0) is 6.42 Å². The van der Waals surface area contributed by atoms with Crippen LogP contribution in [0.3, 0.4) is 0 Å². The average molecular weight is 298 g/mol. The molecule has 0 saturated carbocycles. The molecule has 0 unspecified atom stereocenters. The van der Waals surface area contributed by atoms with E-state index in [2.05, 4.69) is 9.47 Å². The summed E-state index contributed by atoms with van der Waals surface area (Å²) in [6.07, 6.45) is 0.277. The molecule has 0 aromatic heterocycles. The summed E-state index contributed by atoms with van der Waals surface area (Å²) in [5, 5.41) is -2.39. The number of alkyl halides is 4. The molecule has 0 spiro atoms. The molecule has 0 bridgehead atoms. The van der Waals surface area contributed by atoms with Gasteiger partial charge in [0.05, 0.1) is 0 Å². The number of carbonyl (C=O) groups excluding carboxylic acids is 2. The highest BCUT2D eigenvalue weighted by atomic mass is 35.5. The van der Waals surface area contributed by atoms with E-state index in [4.69, 9.17) is 46.4 Å². The van der Waals surface area contributed by atoms with Gasteiger partial charge in [-0.3, -0.25) is 9.59 Å². The highest BCUT2D eigenvalue weighted by Crippen LogP contribution is 2.09. The zero-order valence-corrected chi connectivity index (χ0v) is 10.4. The van der Waals surface area contributed by atoms with Gasteiger partial charge in [0.25, 0.3) is 10.0 Å². The van der Waals surface area contributed by atoms with Crippen molar-refractivity contribution in [3.63, 3.8) is 0 Å². The van der Waals surface area contributed by atoms with E-state index < -0.39 is 22.0 Å². The Morgan fingerprint density at radius 2 is 1.20 bits per heavy atom. The Kier molecular flexibility index (Phi) is 8.33. The first-order chi connectivity index (χ1) is 6.91. The van der Waals surface area contributed by atoms with Crippen molar-refractivity contribution >= 4 is 58.3 Å². The van der Waals surface area contributed by atoms with E-state index in [0.29, 0.717) is 0 Å². The van der Waals surface area contributed by atoms with Crippen molar-refractivity contribution in [2.45, 2.75) is 29.3 Å².